The molecule has 0 spiro atoms. The first-order valence-electron chi connectivity index (χ1n) is 7.97. The molecule has 1 amide bonds. The van der Waals surface area contributed by atoms with Crippen LogP contribution in [0.4, 0.5) is 0 Å². The highest BCUT2D eigenvalue weighted by Crippen LogP contribution is 2.29. The lowest BCUT2D eigenvalue weighted by Crippen LogP contribution is -2.27. The molecule has 3 heterocycles. The average Bonchev–Trinajstić information content (AvgIpc) is 3.26. The van der Waals surface area contributed by atoms with Gasteiger partial charge in [-0.3, -0.25) is 4.79 Å². The molecule has 1 saturated heterocycles. The molecule has 0 saturated carbocycles. The van der Waals surface area contributed by atoms with Gasteiger partial charge in [0.15, 0.2) is 0 Å². The minimum atomic E-state index is 0.137. The van der Waals surface area contributed by atoms with Gasteiger partial charge in [-0.25, -0.2) is 4.98 Å². The van der Waals surface area contributed by atoms with Crippen molar-refractivity contribution < 1.29 is 4.79 Å². The molecule has 2 aromatic heterocycles. The molecule has 0 aliphatic carbocycles. The van der Waals surface area contributed by atoms with E-state index < -0.39 is 0 Å². The third-order valence-corrected chi connectivity index (χ3v) is 5.25. The number of likely N-dealkylation sites (tertiary alicyclic amines) is 1. The van der Waals surface area contributed by atoms with E-state index >= 15 is 0 Å². The van der Waals surface area contributed by atoms with Gasteiger partial charge in [-0.15, -0.1) is 11.3 Å². The fraction of sp³-hybridized carbons (Fsp3) is 0.263. The number of benzene rings is 1. The molecule has 3 aromatic rings. The number of aryl methyl sites for hydroxylation is 1. The van der Waals surface area contributed by atoms with Crippen molar-refractivity contribution in [3.63, 3.8) is 0 Å². The molecular weight excluding hydrogens is 304 g/mol. The van der Waals surface area contributed by atoms with Crippen molar-refractivity contribution >= 4 is 28.1 Å². The first kappa shape index (κ1) is 14.4. The van der Waals surface area contributed by atoms with Gasteiger partial charge in [0, 0.05) is 18.5 Å². The molecule has 0 N–H and O–H groups in total. The normalized spacial score (nSPS) is 14.6. The van der Waals surface area contributed by atoms with Gasteiger partial charge in [0.2, 0.25) is 0 Å². The second-order valence-electron chi connectivity index (χ2n) is 6.05. The van der Waals surface area contributed by atoms with Crippen molar-refractivity contribution in [3.8, 4) is 10.6 Å². The van der Waals surface area contributed by atoms with Crippen molar-refractivity contribution in [1.82, 2.24) is 9.88 Å². The minimum absolute atomic E-state index is 0.137. The zero-order valence-corrected chi connectivity index (χ0v) is 13.9. The van der Waals surface area contributed by atoms with Crippen molar-refractivity contribution in [1.29, 1.82) is 0 Å². The zero-order chi connectivity index (χ0) is 15.8. The third kappa shape index (κ3) is 2.63. The predicted molar refractivity (Wildman–Crippen MR) is 94.9 cm³/mol. The molecule has 0 unspecified atom stereocenters. The lowest BCUT2D eigenvalue weighted by atomic mass is 10.0. The number of amides is 1. The molecule has 0 radical (unpaired) electrons. The second-order valence-corrected chi connectivity index (χ2v) is 7.00. The maximum Gasteiger partial charge on any atom is 0.254 e. The van der Waals surface area contributed by atoms with Gasteiger partial charge >= 0.3 is 0 Å². The highest BCUT2D eigenvalue weighted by atomic mass is 32.1. The van der Waals surface area contributed by atoms with Crippen LogP contribution in [0.15, 0.2) is 41.8 Å². The standard InChI is InChI=1S/C19H18N2OS/c1-13-6-7-16-14(11-13)15(19(22)21-8-2-3-9-21)12-17(20-16)18-5-4-10-23-18/h4-7,10-12H,2-3,8-9H2,1H3. The van der Waals surface area contributed by atoms with E-state index in [4.69, 9.17) is 4.98 Å². The maximum atomic E-state index is 13.0. The molecule has 1 aliphatic rings. The number of hydrogen-bond donors (Lipinski definition) is 0. The number of aromatic nitrogens is 1. The van der Waals surface area contributed by atoms with E-state index in [9.17, 15) is 4.79 Å². The van der Waals surface area contributed by atoms with Gasteiger partial charge in [0.05, 0.1) is 21.7 Å². The van der Waals surface area contributed by atoms with Crippen LogP contribution in [-0.4, -0.2) is 28.9 Å². The molecule has 23 heavy (non-hydrogen) atoms. The van der Waals surface area contributed by atoms with Crippen LogP contribution < -0.4 is 0 Å². The number of carbonyl (C=O) groups is 1. The number of pyridine rings is 1. The fourth-order valence-corrected chi connectivity index (χ4v) is 3.84. The predicted octanol–water partition coefficient (Wildman–Crippen LogP) is 4.51. The van der Waals surface area contributed by atoms with E-state index in [1.54, 1.807) is 11.3 Å². The van der Waals surface area contributed by atoms with Crippen LogP contribution in [0.3, 0.4) is 0 Å². The number of rotatable bonds is 2. The molecule has 1 aromatic carbocycles. The Labute approximate surface area is 139 Å². The lowest BCUT2D eigenvalue weighted by molar-refractivity contribution is 0.0794. The SMILES string of the molecule is Cc1ccc2nc(-c3cccs3)cc(C(=O)N3CCCC3)c2c1. The molecule has 116 valence electrons. The van der Waals surface area contributed by atoms with Crippen LogP contribution in [0.25, 0.3) is 21.5 Å². The van der Waals surface area contributed by atoms with Gasteiger partial charge < -0.3 is 4.90 Å². The first-order chi connectivity index (χ1) is 11.2. The zero-order valence-electron chi connectivity index (χ0n) is 13.1. The number of hydrogen-bond acceptors (Lipinski definition) is 3. The largest absolute Gasteiger partial charge is 0.339 e. The van der Waals surface area contributed by atoms with Gasteiger partial charge in [-0.05, 0) is 49.4 Å². The molecular formula is C19H18N2OS. The van der Waals surface area contributed by atoms with E-state index in [0.29, 0.717) is 0 Å². The van der Waals surface area contributed by atoms with Crippen LogP contribution in [0, 0.1) is 6.92 Å². The number of nitrogens with zero attached hydrogens (tertiary/aromatic N) is 2. The van der Waals surface area contributed by atoms with Crippen LogP contribution in [0.1, 0.15) is 28.8 Å². The van der Waals surface area contributed by atoms with Crippen molar-refractivity contribution in [2.45, 2.75) is 19.8 Å². The molecule has 1 fully saturated rings. The summed E-state index contributed by atoms with van der Waals surface area (Å²) in [5.41, 5.74) is 3.71. The first-order valence-corrected chi connectivity index (χ1v) is 8.85. The van der Waals surface area contributed by atoms with Crippen molar-refractivity contribution in [2.75, 3.05) is 13.1 Å². The molecule has 4 heteroatoms. The Morgan fingerprint density at radius 2 is 2.00 bits per heavy atom. The van der Waals surface area contributed by atoms with Crippen LogP contribution in [0.2, 0.25) is 0 Å². The van der Waals surface area contributed by atoms with Gasteiger partial charge in [0.1, 0.15) is 0 Å². The Balaban J connectivity index is 1.91. The summed E-state index contributed by atoms with van der Waals surface area (Å²) < 4.78 is 0. The van der Waals surface area contributed by atoms with E-state index in [0.717, 1.165) is 58.5 Å². The summed E-state index contributed by atoms with van der Waals surface area (Å²) in [6, 6.07) is 12.2. The van der Waals surface area contributed by atoms with Gasteiger partial charge in [-0.1, -0.05) is 17.7 Å². The monoisotopic (exact) mass is 322 g/mol. The summed E-state index contributed by atoms with van der Waals surface area (Å²) in [5.74, 6) is 0.137. The van der Waals surface area contributed by atoms with Crippen LogP contribution in [0.5, 0.6) is 0 Å². The second kappa shape index (κ2) is 5.78. The molecule has 4 rings (SSSR count). The Morgan fingerprint density at radius 3 is 2.74 bits per heavy atom. The summed E-state index contributed by atoms with van der Waals surface area (Å²) in [7, 11) is 0. The van der Waals surface area contributed by atoms with E-state index in [-0.39, 0.29) is 5.91 Å². The van der Waals surface area contributed by atoms with E-state index in [1.165, 1.54) is 0 Å². The number of thiophene rings is 1. The Morgan fingerprint density at radius 1 is 1.17 bits per heavy atom. The number of carbonyl (C=O) groups excluding carboxylic acids is 1. The molecule has 0 atom stereocenters. The van der Waals surface area contributed by atoms with Gasteiger partial charge in [-0.2, -0.15) is 0 Å². The summed E-state index contributed by atoms with van der Waals surface area (Å²) in [6.45, 7) is 3.78. The number of fused-ring (bicyclic) bond motifs is 1. The van der Waals surface area contributed by atoms with E-state index in [2.05, 4.69) is 25.1 Å². The van der Waals surface area contributed by atoms with Crippen LogP contribution >= 0.6 is 11.3 Å². The fourth-order valence-electron chi connectivity index (χ4n) is 3.16. The molecule has 0 bridgehead atoms. The maximum absolute atomic E-state index is 13.0. The van der Waals surface area contributed by atoms with Gasteiger partial charge in [0.25, 0.3) is 5.91 Å². The summed E-state index contributed by atoms with van der Waals surface area (Å²) in [4.78, 5) is 20.8. The van der Waals surface area contributed by atoms with Crippen molar-refractivity contribution in [3.05, 3.63) is 52.9 Å². The van der Waals surface area contributed by atoms with Crippen molar-refractivity contribution in [2.24, 2.45) is 0 Å². The quantitative estimate of drug-likeness (QED) is 0.695. The summed E-state index contributed by atoms with van der Waals surface area (Å²) >= 11 is 1.65. The highest BCUT2D eigenvalue weighted by molar-refractivity contribution is 7.13. The lowest BCUT2D eigenvalue weighted by Gasteiger charge is -2.17. The highest BCUT2D eigenvalue weighted by Gasteiger charge is 2.22. The Kier molecular flexibility index (Phi) is 3.62. The average molecular weight is 322 g/mol. The molecule has 1 aliphatic heterocycles. The smallest absolute Gasteiger partial charge is 0.254 e. The third-order valence-electron chi connectivity index (χ3n) is 4.36. The summed E-state index contributed by atoms with van der Waals surface area (Å²) in [6.07, 6.45) is 2.21. The Bertz CT molecular complexity index is 864. The minimum Gasteiger partial charge on any atom is -0.339 e. The van der Waals surface area contributed by atoms with Crippen LogP contribution in [-0.2, 0) is 0 Å². The topological polar surface area (TPSA) is 33.2 Å². The molecule has 3 nitrogen and oxygen atoms in total. The van der Waals surface area contributed by atoms with E-state index in [1.807, 2.05) is 28.5 Å². The Hall–Kier alpha value is -2.20. The summed E-state index contributed by atoms with van der Waals surface area (Å²) in [5, 5.41) is 3.00.